The summed E-state index contributed by atoms with van der Waals surface area (Å²) in [5, 5.41) is 15.6. The van der Waals surface area contributed by atoms with Crippen LogP contribution >= 0.6 is 11.3 Å². The molecule has 86 valence electrons. The van der Waals surface area contributed by atoms with Crippen molar-refractivity contribution >= 4 is 11.3 Å². The second kappa shape index (κ2) is 5.10. The number of rotatable bonds is 5. The molecule has 1 rings (SSSR count). The lowest BCUT2D eigenvalue weighted by molar-refractivity contribution is 0.0568. The predicted molar refractivity (Wildman–Crippen MR) is 66.3 cm³/mol. The van der Waals surface area contributed by atoms with E-state index >= 15 is 0 Å². The summed E-state index contributed by atoms with van der Waals surface area (Å²) >= 11 is 1.68. The monoisotopic (exact) mass is 227 g/mol. The molecular weight excluding hydrogens is 206 g/mol. The lowest BCUT2D eigenvalue weighted by Crippen LogP contribution is -2.36. The molecule has 0 aliphatic carbocycles. The summed E-state index contributed by atoms with van der Waals surface area (Å²) < 4.78 is 0. The molecule has 0 aromatic carbocycles. The Kier molecular flexibility index (Phi) is 4.32. The first kappa shape index (κ1) is 12.7. The van der Waals surface area contributed by atoms with Gasteiger partial charge in [-0.05, 0) is 43.3 Å². The van der Waals surface area contributed by atoms with E-state index in [1.54, 1.807) is 11.3 Å². The summed E-state index contributed by atoms with van der Waals surface area (Å²) in [6.45, 7) is 9.81. The van der Waals surface area contributed by atoms with Crippen molar-refractivity contribution in [3.05, 3.63) is 21.9 Å². The molecule has 0 saturated heterocycles. The van der Waals surface area contributed by atoms with Crippen molar-refractivity contribution in [3.63, 3.8) is 0 Å². The van der Waals surface area contributed by atoms with Gasteiger partial charge in [-0.15, -0.1) is 11.3 Å². The Labute approximate surface area is 96.3 Å². The van der Waals surface area contributed by atoms with Crippen LogP contribution in [0.5, 0.6) is 0 Å². The second-order valence-corrected chi connectivity index (χ2v) is 5.86. The van der Waals surface area contributed by atoms with Crippen LogP contribution in [-0.2, 0) is 5.60 Å². The van der Waals surface area contributed by atoms with Crippen LogP contribution in [0.25, 0.3) is 0 Å². The molecule has 1 unspecified atom stereocenters. The molecule has 0 spiro atoms. The maximum absolute atomic E-state index is 10.3. The third-order valence-electron chi connectivity index (χ3n) is 2.37. The highest BCUT2D eigenvalue weighted by Crippen LogP contribution is 2.24. The van der Waals surface area contributed by atoms with Crippen LogP contribution in [0.4, 0.5) is 0 Å². The molecule has 1 atom stereocenters. The Bertz CT molecular complexity index is 304. The van der Waals surface area contributed by atoms with Gasteiger partial charge in [-0.1, -0.05) is 13.8 Å². The van der Waals surface area contributed by atoms with Gasteiger partial charge in [0, 0.05) is 11.4 Å². The Morgan fingerprint density at radius 3 is 2.67 bits per heavy atom. The van der Waals surface area contributed by atoms with E-state index in [-0.39, 0.29) is 0 Å². The van der Waals surface area contributed by atoms with Crippen LogP contribution in [-0.4, -0.2) is 18.2 Å². The Hall–Kier alpha value is -0.380. The molecule has 2 nitrogen and oxygen atoms in total. The van der Waals surface area contributed by atoms with Crippen molar-refractivity contribution in [1.82, 2.24) is 5.32 Å². The minimum absolute atomic E-state index is 0.612. The summed E-state index contributed by atoms with van der Waals surface area (Å²) in [5.41, 5.74) is 0.265. The third kappa shape index (κ3) is 3.93. The van der Waals surface area contributed by atoms with Crippen LogP contribution in [0.15, 0.2) is 11.4 Å². The fraction of sp³-hybridized carbons (Fsp3) is 0.667. The van der Waals surface area contributed by atoms with Crippen molar-refractivity contribution in [2.45, 2.75) is 33.3 Å². The van der Waals surface area contributed by atoms with Gasteiger partial charge in [0.05, 0.1) is 5.60 Å². The molecule has 0 amide bonds. The molecule has 0 saturated carbocycles. The summed E-state index contributed by atoms with van der Waals surface area (Å²) in [5.74, 6) is 0.616. The first-order chi connectivity index (χ1) is 6.92. The molecule has 0 aliphatic heterocycles. The predicted octanol–water partition coefficient (Wildman–Crippen LogP) is 2.51. The zero-order valence-corrected chi connectivity index (χ0v) is 10.8. The van der Waals surface area contributed by atoms with Gasteiger partial charge in [0.25, 0.3) is 0 Å². The Balaban J connectivity index is 2.51. The molecule has 0 aliphatic rings. The average Bonchev–Trinajstić information content (AvgIpc) is 2.51. The van der Waals surface area contributed by atoms with Gasteiger partial charge in [-0.25, -0.2) is 0 Å². The number of aryl methyl sites for hydroxylation is 1. The van der Waals surface area contributed by atoms with Gasteiger partial charge >= 0.3 is 0 Å². The van der Waals surface area contributed by atoms with Gasteiger partial charge in [-0.2, -0.15) is 0 Å². The largest absolute Gasteiger partial charge is 0.384 e. The molecule has 1 aromatic heterocycles. The number of hydrogen-bond acceptors (Lipinski definition) is 3. The van der Waals surface area contributed by atoms with E-state index in [1.807, 2.05) is 12.3 Å². The zero-order chi connectivity index (χ0) is 11.5. The smallest absolute Gasteiger partial charge is 0.1000 e. The number of aliphatic hydroxyl groups is 1. The number of nitrogens with one attached hydrogen (secondary N) is 1. The molecule has 0 radical (unpaired) electrons. The fourth-order valence-corrected chi connectivity index (χ4v) is 2.26. The van der Waals surface area contributed by atoms with E-state index in [0.29, 0.717) is 12.5 Å². The molecule has 0 fully saturated rings. The fourth-order valence-electron chi connectivity index (χ4n) is 1.43. The van der Waals surface area contributed by atoms with Crippen molar-refractivity contribution < 1.29 is 5.11 Å². The number of hydrogen-bond donors (Lipinski definition) is 2. The van der Waals surface area contributed by atoms with Crippen LogP contribution in [0, 0.1) is 12.8 Å². The normalized spacial score (nSPS) is 15.6. The van der Waals surface area contributed by atoms with Crippen LogP contribution in [0.3, 0.4) is 0 Å². The van der Waals surface area contributed by atoms with Crippen molar-refractivity contribution in [3.8, 4) is 0 Å². The van der Waals surface area contributed by atoms with E-state index < -0.39 is 5.60 Å². The van der Waals surface area contributed by atoms with Crippen molar-refractivity contribution in [2.24, 2.45) is 5.92 Å². The average molecular weight is 227 g/mol. The van der Waals surface area contributed by atoms with E-state index in [9.17, 15) is 5.11 Å². The minimum Gasteiger partial charge on any atom is -0.384 e. The molecule has 1 aromatic rings. The Morgan fingerprint density at radius 2 is 2.20 bits per heavy atom. The first-order valence-electron chi connectivity index (χ1n) is 5.40. The highest BCUT2D eigenvalue weighted by atomic mass is 32.1. The summed E-state index contributed by atoms with van der Waals surface area (Å²) in [7, 11) is 0. The summed E-state index contributed by atoms with van der Waals surface area (Å²) in [6.07, 6.45) is 0. The zero-order valence-electron chi connectivity index (χ0n) is 10.0. The second-order valence-electron chi connectivity index (χ2n) is 4.74. The van der Waals surface area contributed by atoms with Gasteiger partial charge in [0.1, 0.15) is 0 Å². The maximum Gasteiger partial charge on any atom is 0.1000 e. The van der Waals surface area contributed by atoms with E-state index in [1.165, 1.54) is 4.88 Å². The van der Waals surface area contributed by atoms with Crippen molar-refractivity contribution in [1.29, 1.82) is 0 Å². The standard InChI is InChI=1S/C12H21NOS/c1-9(2)6-13-8-12(4,14)11-5-10(3)15-7-11/h5,7,9,13-14H,6,8H2,1-4H3. The van der Waals surface area contributed by atoms with E-state index in [4.69, 9.17) is 0 Å². The van der Waals surface area contributed by atoms with Crippen LogP contribution in [0.1, 0.15) is 31.2 Å². The molecule has 1 heterocycles. The lowest BCUT2D eigenvalue weighted by Gasteiger charge is -2.23. The molecule has 15 heavy (non-hydrogen) atoms. The Morgan fingerprint density at radius 1 is 1.53 bits per heavy atom. The van der Waals surface area contributed by atoms with Crippen molar-refractivity contribution in [2.75, 3.05) is 13.1 Å². The molecule has 0 bridgehead atoms. The minimum atomic E-state index is -0.750. The highest BCUT2D eigenvalue weighted by molar-refractivity contribution is 7.10. The SMILES string of the molecule is Cc1cc(C(C)(O)CNCC(C)C)cs1. The van der Waals surface area contributed by atoms with Gasteiger partial charge < -0.3 is 10.4 Å². The van der Waals surface area contributed by atoms with E-state index in [2.05, 4.69) is 32.2 Å². The van der Waals surface area contributed by atoms with Crippen LogP contribution in [0.2, 0.25) is 0 Å². The topological polar surface area (TPSA) is 32.3 Å². The molecular formula is C12H21NOS. The summed E-state index contributed by atoms with van der Waals surface area (Å²) in [4.78, 5) is 1.24. The van der Waals surface area contributed by atoms with Gasteiger partial charge in [0.15, 0.2) is 0 Å². The van der Waals surface area contributed by atoms with Gasteiger partial charge in [-0.3, -0.25) is 0 Å². The first-order valence-corrected chi connectivity index (χ1v) is 6.28. The lowest BCUT2D eigenvalue weighted by atomic mass is 9.98. The van der Waals surface area contributed by atoms with E-state index in [0.717, 1.165) is 12.1 Å². The van der Waals surface area contributed by atoms with Crippen LogP contribution < -0.4 is 5.32 Å². The molecule has 2 N–H and O–H groups in total. The number of thiophene rings is 1. The van der Waals surface area contributed by atoms with Gasteiger partial charge in [0.2, 0.25) is 0 Å². The summed E-state index contributed by atoms with van der Waals surface area (Å²) in [6, 6.07) is 2.06. The molecule has 3 heteroatoms. The maximum atomic E-state index is 10.3. The highest BCUT2D eigenvalue weighted by Gasteiger charge is 2.23. The third-order valence-corrected chi connectivity index (χ3v) is 3.24. The quantitative estimate of drug-likeness (QED) is 0.810.